The highest BCUT2D eigenvalue weighted by Gasteiger charge is 2.29. The number of carbonyl (C=O) groups excluding carboxylic acids is 2. The van der Waals surface area contributed by atoms with Crippen molar-refractivity contribution < 1.29 is 24.2 Å². The van der Waals surface area contributed by atoms with Crippen molar-refractivity contribution in [1.82, 2.24) is 5.32 Å². The molecule has 7 nitrogen and oxygen atoms in total. The number of carboxylic acids is 1. The Hall–Kier alpha value is -4.13. The lowest BCUT2D eigenvalue weighted by molar-refractivity contribution is -0.140. The maximum atomic E-state index is 12.6. The number of amides is 2. The standard InChI is InChI=1S/C28H28N2O5/c1-3-17(2)25(27(32)33)30-26(31)18-9-8-10-19(15-18)29-28(34)35-16-24-22-13-6-4-11-20(22)21-12-5-7-14-23(21)24/h4-15,17,24-25H,3,16H2,1-2H3,(H,29,34)(H,30,31)(H,32,33)/t17?,25-/m0/s1. The van der Waals surface area contributed by atoms with Crippen molar-refractivity contribution in [2.45, 2.75) is 32.2 Å². The Balaban J connectivity index is 1.40. The average Bonchev–Trinajstić information content (AvgIpc) is 3.19. The molecule has 3 aromatic carbocycles. The summed E-state index contributed by atoms with van der Waals surface area (Å²) in [6.45, 7) is 3.81. The lowest BCUT2D eigenvalue weighted by atomic mass is 9.98. The molecule has 0 fully saturated rings. The molecule has 2 atom stereocenters. The Kier molecular flexibility index (Phi) is 7.15. The predicted octanol–water partition coefficient (Wildman–Crippen LogP) is 5.28. The summed E-state index contributed by atoms with van der Waals surface area (Å²) in [6, 6.07) is 21.5. The molecular weight excluding hydrogens is 444 g/mol. The second kappa shape index (κ2) is 10.4. The van der Waals surface area contributed by atoms with Crippen LogP contribution in [0.3, 0.4) is 0 Å². The Labute approximate surface area is 204 Å². The van der Waals surface area contributed by atoms with Gasteiger partial charge in [-0.25, -0.2) is 9.59 Å². The third-order valence-electron chi connectivity index (χ3n) is 6.48. The van der Waals surface area contributed by atoms with Crippen molar-refractivity contribution >= 4 is 23.7 Å². The summed E-state index contributed by atoms with van der Waals surface area (Å²) in [5.74, 6) is -1.88. The summed E-state index contributed by atoms with van der Waals surface area (Å²) >= 11 is 0. The van der Waals surface area contributed by atoms with Crippen LogP contribution < -0.4 is 10.6 Å². The van der Waals surface area contributed by atoms with Crippen molar-refractivity contribution in [2.24, 2.45) is 5.92 Å². The minimum absolute atomic E-state index is 0.0567. The molecule has 3 aromatic rings. The molecule has 0 bridgehead atoms. The fraction of sp³-hybridized carbons (Fsp3) is 0.250. The highest BCUT2D eigenvalue weighted by Crippen LogP contribution is 2.44. The minimum atomic E-state index is -1.08. The van der Waals surface area contributed by atoms with E-state index in [4.69, 9.17) is 4.74 Å². The second-order valence-corrected chi connectivity index (χ2v) is 8.71. The maximum absolute atomic E-state index is 12.6. The van der Waals surface area contributed by atoms with E-state index in [1.807, 2.05) is 43.3 Å². The minimum Gasteiger partial charge on any atom is -0.480 e. The van der Waals surface area contributed by atoms with Gasteiger partial charge in [0.1, 0.15) is 12.6 Å². The second-order valence-electron chi connectivity index (χ2n) is 8.71. The molecule has 0 saturated carbocycles. The summed E-state index contributed by atoms with van der Waals surface area (Å²) in [5, 5.41) is 14.7. The van der Waals surface area contributed by atoms with Gasteiger partial charge in [-0.2, -0.15) is 0 Å². The lowest BCUT2D eigenvalue weighted by Crippen LogP contribution is -2.45. The van der Waals surface area contributed by atoms with Gasteiger partial charge in [-0.05, 0) is 46.4 Å². The van der Waals surface area contributed by atoms with Crippen molar-refractivity contribution in [1.29, 1.82) is 0 Å². The SMILES string of the molecule is CCC(C)[C@H](NC(=O)c1cccc(NC(=O)OCC2c3ccccc3-c3ccccc32)c1)C(=O)O. The molecule has 0 aromatic heterocycles. The number of ether oxygens (including phenoxy) is 1. The summed E-state index contributed by atoms with van der Waals surface area (Å²) in [4.78, 5) is 36.7. The van der Waals surface area contributed by atoms with Gasteiger partial charge in [-0.15, -0.1) is 0 Å². The number of benzene rings is 3. The largest absolute Gasteiger partial charge is 0.480 e. The molecule has 0 radical (unpaired) electrons. The number of carboxylic acid groups (broad SMARTS) is 1. The normalized spacial score (nSPS) is 13.8. The zero-order valence-corrected chi connectivity index (χ0v) is 19.7. The van der Waals surface area contributed by atoms with Crippen LogP contribution >= 0.6 is 0 Å². The Morgan fingerprint density at radius 1 is 0.943 bits per heavy atom. The summed E-state index contributed by atoms with van der Waals surface area (Å²) in [7, 11) is 0. The fourth-order valence-electron chi connectivity index (χ4n) is 4.40. The van der Waals surface area contributed by atoms with E-state index in [-0.39, 0.29) is 24.0 Å². The van der Waals surface area contributed by atoms with Crippen LogP contribution in [-0.2, 0) is 9.53 Å². The van der Waals surface area contributed by atoms with Gasteiger partial charge in [0, 0.05) is 17.2 Å². The van der Waals surface area contributed by atoms with Gasteiger partial charge in [0.2, 0.25) is 0 Å². The molecule has 1 aliphatic rings. The van der Waals surface area contributed by atoms with Crippen LogP contribution in [-0.4, -0.2) is 35.7 Å². The van der Waals surface area contributed by atoms with E-state index in [1.165, 1.54) is 6.07 Å². The fourth-order valence-corrected chi connectivity index (χ4v) is 4.40. The van der Waals surface area contributed by atoms with Crippen LogP contribution in [0.25, 0.3) is 11.1 Å². The number of aliphatic carboxylic acids is 1. The van der Waals surface area contributed by atoms with Gasteiger partial charge >= 0.3 is 12.1 Å². The van der Waals surface area contributed by atoms with Crippen molar-refractivity contribution in [3.8, 4) is 11.1 Å². The van der Waals surface area contributed by atoms with Crippen LogP contribution in [0.15, 0.2) is 72.8 Å². The van der Waals surface area contributed by atoms with Crippen molar-refractivity contribution in [3.05, 3.63) is 89.5 Å². The van der Waals surface area contributed by atoms with Crippen molar-refractivity contribution in [2.75, 3.05) is 11.9 Å². The van der Waals surface area contributed by atoms with Gasteiger partial charge in [0.15, 0.2) is 0 Å². The zero-order valence-electron chi connectivity index (χ0n) is 19.7. The van der Waals surface area contributed by atoms with Crippen LogP contribution in [0.1, 0.15) is 47.7 Å². The predicted molar refractivity (Wildman–Crippen MR) is 133 cm³/mol. The molecule has 180 valence electrons. The van der Waals surface area contributed by atoms with Crippen LogP contribution in [0.5, 0.6) is 0 Å². The van der Waals surface area contributed by atoms with E-state index in [0.717, 1.165) is 22.3 Å². The molecule has 0 spiro atoms. The number of carbonyl (C=O) groups is 3. The molecule has 35 heavy (non-hydrogen) atoms. The van der Waals surface area contributed by atoms with Gasteiger partial charge in [-0.1, -0.05) is 74.9 Å². The van der Waals surface area contributed by atoms with E-state index in [0.29, 0.717) is 12.1 Å². The Morgan fingerprint density at radius 3 is 2.17 bits per heavy atom. The van der Waals surface area contributed by atoms with E-state index in [1.54, 1.807) is 25.1 Å². The molecule has 4 rings (SSSR count). The van der Waals surface area contributed by atoms with Gasteiger partial charge in [0.25, 0.3) is 5.91 Å². The first-order valence-electron chi connectivity index (χ1n) is 11.6. The number of anilines is 1. The third kappa shape index (κ3) is 5.19. The first-order valence-corrected chi connectivity index (χ1v) is 11.6. The summed E-state index contributed by atoms with van der Waals surface area (Å²) < 4.78 is 5.56. The van der Waals surface area contributed by atoms with Crippen molar-refractivity contribution in [3.63, 3.8) is 0 Å². The lowest BCUT2D eigenvalue weighted by Gasteiger charge is -2.20. The van der Waals surface area contributed by atoms with Crippen LogP contribution in [0.4, 0.5) is 10.5 Å². The number of nitrogens with one attached hydrogen (secondary N) is 2. The smallest absolute Gasteiger partial charge is 0.411 e. The van der Waals surface area contributed by atoms with Crippen LogP contribution in [0, 0.1) is 5.92 Å². The molecule has 2 amide bonds. The Morgan fingerprint density at radius 2 is 1.57 bits per heavy atom. The highest BCUT2D eigenvalue weighted by molar-refractivity contribution is 5.98. The van der Waals surface area contributed by atoms with Gasteiger partial charge < -0.3 is 15.2 Å². The van der Waals surface area contributed by atoms with E-state index < -0.39 is 24.0 Å². The molecule has 1 aliphatic carbocycles. The molecular formula is C28H28N2O5. The zero-order chi connectivity index (χ0) is 24.9. The maximum Gasteiger partial charge on any atom is 0.411 e. The first-order chi connectivity index (χ1) is 16.9. The third-order valence-corrected chi connectivity index (χ3v) is 6.48. The van der Waals surface area contributed by atoms with Gasteiger partial charge in [-0.3, -0.25) is 10.1 Å². The van der Waals surface area contributed by atoms with Gasteiger partial charge in [0.05, 0.1) is 0 Å². The average molecular weight is 473 g/mol. The number of hydrogen-bond donors (Lipinski definition) is 3. The number of hydrogen-bond acceptors (Lipinski definition) is 4. The summed E-state index contributed by atoms with van der Waals surface area (Å²) in [5.41, 5.74) is 5.16. The van der Waals surface area contributed by atoms with E-state index >= 15 is 0 Å². The first kappa shape index (κ1) is 24.0. The molecule has 3 N–H and O–H groups in total. The van der Waals surface area contributed by atoms with E-state index in [9.17, 15) is 19.5 Å². The topological polar surface area (TPSA) is 105 Å². The molecule has 0 heterocycles. The summed E-state index contributed by atoms with van der Waals surface area (Å²) in [6.07, 6.45) is -0.0203. The highest BCUT2D eigenvalue weighted by atomic mass is 16.5. The van der Waals surface area contributed by atoms with E-state index in [2.05, 4.69) is 22.8 Å². The molecule has 1 unspecified atom stereocenters. The molecule has 0 saturated heterocycles. The number of rotatable bonds is 8. The Bertz CT molecular complexity index is 1210. The quantitative estimate of drug-likeness (QED) is 0.414. The molecule has 7 heteroatoms. The monoisotopic (exact) mass is 472 g/mol. The molecule has 0 aliphatic heterocycles. The number of fused-ring (bicyclic) bond motifs is 3. The van der Waals surface area contributed by atoms with Crippen LogP contribution in [0.2, 0.25) is 0 Å².